The molecule has 0 aromatic carbocycles. The molecule has 1 rings (SSSR count). The van der Waals surface area contributed by atoms with E-state index in [1.165, 1.54) is 0 Å². The van der Waals surface area contributed by atoms with Crippen molar-refractivity contribution in [3.05, 3.63) is 29.6 Å². The zero-order chi connectivity index (χ0) is 11.1. The summed E-state index contributed by atoms with van der Waals surface area (Å²) in [7, 11) is 0. The van der Waals surface area contributed by atoms with Crippen molar-refractivity contribution < 1.29 is 0 Å². The second kappa shape index (κ2) is 6.18. The van der Waals surface area contributed by atoms with Crippen LogP contribution >= 0.6 is 0 Å². The van der Waals surface area contributed by atoms with E-state index in [1.807, 2.05) is 32.2 Å². The quantitative estimate of drug-likeness (QED) is 0.445. The molecule has 0 amide bonds. The van der Waals surface area contributed by atoms with Gasteiger partial charge in [-0.3, -0.25) is 16.3 Å². The summed E-state index contributed by atoms with van der Waals surface area (Å²) in [6, 6.07) is 4.18. The molecule has 0 spiro atoms. The van der Waals surface area contributed by atoms with Crippen molar-refractivity contribution in [2.24, 2.45) is 5.84 Å². The van der Waals surface area contributed by atoms with Crippen LogP contribution in [0.15, 0.2) is 18.3 Å². The minimum absolute atomic E-state index is 0.138. The number of hydrogen-bond acceptors (Lipinski definition) is 3. The molecule has 1 heterocycles. The fourth-order valence-corrected chi connectivity index (χ4v) is 1.37. The fourth-order valence-electron chi connectivity index (χ4n) is 1.37. The van der Waals surface area contributed by atoms with Crippen LogP contribution in [0.2, 0.25) is 0 Å². The van der Waals surface area contributed by atoms with Gasteiger partial charge in [0.2, 0.25) is 0 Å². The molecule has 0 radical (unpaired) electrons. The first-order valence-corrected chi connectivity index (χ1v) is 5.06. The average molecular weight is 203 g/mol. The highest BCUT2D eigenvalue weighted by atomic mass is 15.2. The number of hydrogen-bond donors (Lipinski definition) is 2. The molecule has 1 aromatic heterocycles. The summed E-state index contributed by atoms with van der Waals surface area (Å²) in [6.07, 6.45) is 3.61. The van der Waals surface area contributed by atoms with Crippen molar-refractivity contribution in [1.29, 1.82) is 0 Å². The lowest BCUT2D eigenvalue weighted by Gasteiger charge is -2.14. The van der Waals surface area contributed by atoms with E-state index in [-0.39, 0.29) is 6.04 Å². The number of pyridine rings is 1. The molecule has 0 aliphatic rings. The number of hydrazine groups is 1. The van der Waals surface area contributed by atoms with Crippen molar-refractivity contribution >= 4 is 0 Å². The third-order valence-electron chi connectivity index (χ3n) is 2.27. The molecule has 1 atom stereocenters. The molecule has 0 bridgehead atoms. The van der Waals surface area contributed by atoms with Crippen molar-refractivity contribution in [2.75, 3.05) is 0 Å². The van der Waals surface area contributed by atoms with E-state index in [0.29, 0.717) is 0 Å². The molecule has 3 N–H and O–H groups in total. The normalized spacial score (nSPS) is 11.7. The first-order valence-electron chi connectivity index (χ1n) is 5.06. The van der Waals surface area contributed by atoms with Crippen LogP contribution < -0.4 is 11.3 Å². The van der Waals surface area contributed by atoms with Gasteiger partial charge in [0, 0.05) is 24.4 Å². The van der Waals surface area contributed by atoms with Crippen LogP contribution in [0.1, 0.15) is 37.1 Å². The van der Waals surface area contributed by atoms with Crippen LogP contribution in [0.3, 0.4) is 0 Å². The molecule has 3 nitrogen and oxygen atoms in total. The van der Waals surface area contributed by atoms with E-state index in [1.54, 1.807) is 0 Å². The average Bonchev–Trinajstić information content (AvgIpc) is 2.26. The molecule has 0 aliphatic carbocycles. The second-order valence-corrected chi connectivity index (χ2v) is 3.42. The van der Waals surface area contributed by atoms with E-state index < -0.39 is 0 Å². The van der Waals surface area contributed by atoms with Crippen LogP contribution in [0.25, 0.3) is 0 Å². The van der Waals surface area contributed by atoms with E-state index in [0.717, 1.165) is 24.1 Å². The van der Waals surface area contributed by atoms with E-state index >= 15 is 0 Å². The van der Waals surface area contributed by atoms with Gasteiger partial charge in [0.25, 0.3) is 0 Å². The van der Waals surface area contributed by atoms with Gasteiger partial charge < -0.3 is 0 Å². The minimum Gasteiger partial charge on any atom is -0.271 e. The highest BCUT2D eigenvalue weighted by Gasteiger charge is 2.08. The third-order valence-corrected chi connectivity index (χ3v) is 2.27. The van der Waals surface area contributed by atoms with Gasteiger partial charge in [-0.2, -0.15) is 0 Å². The molecule has 3 heteroatoms. The molecule has 0 saturated heterocycles. The van der Waals surface area contributed by atoms with Gasteiger partial charge in [-0.25, -0.2) is 0 Å². The molecule has 0 fully saturated rings. The van der Waals surface area contributed by atoms with Gasteiger partial charge in [-0.15, -0.1) is 11.8 Å². The lowest BCUT2D eigenvalue weighted by atomic mass is 10.0. The van der Waals surface area contributed by atoms with Crippen molar-refractivity contribution in [3.63, 3.8) is 0 Å². The lowest BCUT2D eigenvalue weighted by molar-refractivity contribution is 0.522. The topological polar surface area (TPSA) is 50.9 Å². The van der Waals surface area contributed by atoms with E-state index in [4.69, 9.17) is 5.84 Å². The number of rotatable bonds is 4. The summed E-state index contributed by atoms with van der Waals surface area (Å²) in [6.45, 7) is 3.82. The van der Waals surface area contributed by atoms with Gasteiger partial charge >= 0.3 is 0 Å². The number of nitrogens with zero attached hydrogens (tertiary/aromatic N) is 1. The maximum atomic E-state index is 5.50. The standard InChI is InChI=1S/C12H17N3/c1-3-4-5-6-12(15-13)11-8-7-10(2)14-9-11/h7-9,12,15H,5-6,13H2,1-2H3. The molecule has 1 unspecified atom stereocenters. The molecular formula is C12H17N3. The largest absolute Gasteiger partial charge is 0.271 e. The predicted octanol–water partition coefficient (Wildman–Crippen LogP) is 1.70. The van der Waals surface area contributed by atoms with E-state index in [9.17, 15) is 0 Å². The Balaban J connectivity index is 2.64. The molecule has 15 heavy (non-hydrogen) atoms. The zero-order valence-electron chi connectivity index (χ0n) is 9.25. The van der Waals surface area contributed by atoms with Crippen LogP contribution in [-0.4, -0.2) is 4.98 Å². The molecule has 0 saturated carbocycles. The number of aromatic nitrogens is 1. The monoisotopic (exact) mass is 203 g/mol. The first kappa shape index (κ1) is 11.7. The highest BCUT2D eigenvalue weighted by Crippen LogP contribution is 2.16. The maximum absolute atomic E-state index is 5.50. The van der Waals surface area contributed by atoms with E-state index in [2.05, 4.69) is 22.3 Å². The Morgan fingerprint density at radius 3 is 2.87 bits per heavy atom. The van der Waals surface area contributed by atoms with Crippen molar-refractivity contribution in [2.45, 2.75) is 32.7 Å². The van der Waals surface area contributed by atoms with Crippen LogP contribution in [0, 0.1) is 18.8 Å². The molecular weight excluding hydrogens is 186 g/mol. The number of nitrogens with one attached hydrogen (secondary N) is 1. The molecule has 1 aromatic rings. The molecule has 80 valence electrons. The summed E-state index contributed by atoms with van der Waals surface area (Å²) in [5, 5.41) is 0. The summed E-state index contributed by atoms with van der Waals surface area (Å²) in [5.41, 5.74) is 4.92. The Morgan fingerprint density at radius 1 is 1.53 bits per heavy atom. The summed E-state index contributed by atoms with van der Waals surface area (Å²) >= 11 is 0. The summed E-state index contributed by atoms with van der Waals surface area (Å²) in [4.78, 5) is 4.24. The zero-order valence-corrected chi connectivity index (χ0v) is 9.25. The SMILES string of the molecule is CC#CCCC(NN)c1ccc(C)nc1. The van der Waals surface area contributed by atoms with Gasteiger partial charge in [0.15, 0.2) is 0 Å². The Bertz CT molecular complexity index is 345. The van der Waals surface area contributed by atoms with Gasteiger partial charge in [-0.1, -0.05) is 6.07 Å². The number of aryl methyl sites for hydroxylation is 1. The summed E-state index contributed by atoms with van der Waals surface area (Å²) < 4.78 is 0. The predicted molar refractivity (Wildman–Crippen MR) is 61.7 cm³/mol. The van der Waals surface area contributed by atoms with Crippen LogP contribution in [-0.2, 0) is 0 Å². The Kier molecular flexibility index (Phi) is 4.82. The van der Waals surface area contributed by atoms with Gasteiger partial charge in [0.05, 0.1) is 0 Å². The minimum atomic E-state index is 0.138. The van der Waals surface area contributed by atoms with Crippen LogP contribution in [0.5, 0.6) is 0 Å². The highest BCUT2D eigenvalue weighted by molar-refractivity contribution is 5.17. The fraction of sp³-hybridized carbons (Fsp3) is 0.417. The lowest BCUT2D eigenvalue weighted by Crippen LogP contribution is -2.28. The van der Waals surface area contributed by atoms with Crippen molar-refractivity contribution in [1.82, 2.24) is 10.4 Å². The Morgan fingerprint density at radius 2 is 2.33 bits per heavy atom. The second-order valence-electron chi connectivity index (χ2n) is 3.42. The third kappa shape index (κ3) is 3.70. The molecule has 0 aliphatic heterocycles. The number of nitrogens with two attached hydrogens (primary N) is 1. The van der Waals surface area contributed by atoms with Gasteiger partial charge in [-0.05, 0) is 31.9 Å². The summed E-state index contributed by atoms with van der Waals surface area (Å²) in [5.74, 6) is 11.4. The van der Waals surface area contributed by atoms with Crippen molar-refractivity contribution in [3.8, 4) is 11.8 Å². The first-order chi connectivity index (χ1) is 7.27. The smallest absolute Gasteiger partial charge is 0.0484 e. The van der Waals surface area contributed by atoms with Gasteiger partial charge in [0.1, 0.15) is 0 Å². The Hall–Kier alpha value is -1.37. The van der Waals surface area contributed by atoms with Crippen LogP contribution in [0.4, 0.5) is 0 Å². The Labute approximate surface area is 91.1 Å². The maximum Gasteiger partial charge on any atom is 0.0484 e.